The molecular formula is C17H19N3. The van der Waals surface area contributed by atoms with Gasteiger partial charge in [-0.15, -0.1) is 0 Å². The molecule has 1 aliphatic rings. The summed E-state index contributed by atoms with van der Waals surface area (Å²) in [5.74, 6) is 0. The fourth-order valence-electron chi connectivity index (χ4n) is 2.82. The van der Waals surface area contributed by atoms with Gasteiger partial charge in [-0.05, 0) is 24.6 Å². The fraction of sp³-hybridized carbons (Fsp3) is 0.176. The van der Waals surface area contributed by atoms with Crippen LogP contribution in [0.5, 0.6) is 0 Å². The molecule has 1 unspecified atom stereocenters. The molecule has 1 heterocycles. The van der Waals surface area contributed by atoms with Gasteiger partial charge in [-0.25, -0.2) is 0 Å². The minimum absolute atomic E-state index is 0.127. The van der Waals surface area contributed by atoms with Crippen LogP contribution in [0.2, 0.25) is 0 Å². The number of hydrogen-bond donors (Lipinski definition) is 1. The molecule has 3 heteroatoms. The lowest BCUT2D eigenvalue weighted by Gasteiger charge is -2.30. The van der Waals surface area contributed by atoms with Crippen LogP contribution in [0.3, 0.4) is 0 Å². The quantitative estimate of drug-likeness (QED) is 0.905. The molecule has 2 N–H and O–H groups in total. The first-order valence-electron chi connectivity index (χ1n) is 6.80. The summed E-state index contributed by atoms with van der Waals surface area (Å²) in [5.41, 5.74) is 11.1. The lowest BCUT2D eigenvalue weighted by atomic mass is 10.0. The number of hydrazine groups is 1. The van der Waals surface area contributed by atoms with Crippen molar-refractivity contribution in [3.05, 3.63) is 71.9 Å². The number of nitrogens with two attached hydrogens (primary N) is 1. The van der Waals surface area contributed by atoms with E-state index in [0.29, 0.717) is 0 Å². The second-order valence-corrected chi connectivity index (χ2v) is 5.03. The number of hydrogen-bond acceptors (Lipinski definition) is 3. The summed E-state index contributed by atoms with van der Waals surface area (Å²) in [5, 5.41) is 4.25. The monoisotopic (exact) mass is 265 g/mol. The number of allylic oxidation sites excluding steroid dienone is 1. The van der Waals surface area contributed by atoms with Crippen molar-refractivity contribution in [1.82, 2.24) is 5.01 Å². The van der Waals surface area contributed by atoms with Crippen LogP contribution in [0.25, 0.3) is 5.57 Å². The lowest BCUT2D eigenvalue weighted by Crippen LogP contribution is -2.44. The largest absolute Gasteiger partial charge is 0.310 e. The van der Waals surface area contributed by atoms with E-state index in [1.54, 1.807) is 0 Å². The summed E-state index contributed by atoms with van der Waals surface area (Å²) in [6.07, 6.45) is -0.127. The molecule has 0 fully saturated rings. The topological polar surface area (TPSA) is 32.5 Å². The molecule has 0 aliphatic carbocycles. The van der Waals surface area contributed by atoms with Crippen LogP contribution in [-0.4, -0.2) is 18.2 Å². The van der Waals surface area contributed by atoms with Crippen molar-refractivity contribution in [3.63, 3.8) is 0 Å². The smallest absolute Gasteiger partial charge is 0.104 e. The number of nitrogens with zero attached hydrogens (tertiary/aromatic N) is 2. The van der Waals surface area contributed by atoms with E-state index in [1.165, 1.54) is 16.8 Å². The molecule has 20 heavy (non-hydrogen) atoms. The maximum Gasteiger partial charge on any atom is 0.104 e. The summed E-state index contributed by atoms with van der Waals surface area (Å²) >= 11 is 0. The van der Waals surface area contributed by atoms with Crippen molar-refractivity contribution < 1.29 is 0 Å². The highest BCUT2D eigenvalue weighted by Gasteiger charge is 2.33. The molecule has 0 amide bonds. The van der Waals surface area contributed by atoms with Gasteiger partial charge in [0.05, 0.1) is 5.69 Å². The molecule has 2 aromatic rings. The molecule has 1 atom stereocenters. The summed E-state index contributed by atoms with van der Waals surface area (Å²) in [4.78, 5) is 0. The minimum Gasteiger partial charge on any atom is -0.310 e. The third kappa shape index (κ3) is 2.01. The second-order valence-electron chi connectivity index (χ2n) is 5.03. The van der Waals surface area contributed by atoms with Crippen molar-refractivity contribution in [3.8, 4) is 0 Å². The van der Waals surface area contributed by atoms with Gasteiger partial charge < -0.3 is 5.73 Å². The first-order chi connectivity index (χ1) is 9.70. The number of likely N-dealkylation sites (N-methyl/N-ethyl adjacent to an activating group) is 1. The molecule has 0 spiro atoms. The Bertz CT molecular complexity index is 619. The van der Waals surface area contributed by atoms with Gasteiger partial charge in [-0.3, -0.25) is 5.01 Å². The van der Waals surface area contributed by atoms with Gasteiger partial charge in [0, 0.05) is 18.3 Å². The molecule has 1 aliphatic heterocycles. The van der Waals surface area contributed by atoms with E-state index in [0.717, 1.165) is 5.69 Å². The minimum atomic E-state index is -0.127. The molecule has 0 radical (unpaired) electrons. The summed E-state index contributed by atoms with van der Waals surface area (Å²) in [6.45, 7) is 2.12. The van der Waals surface area contributed by atoms with E-state index >= 15 is 0 Å². The van der Waals surface area contributed by atoms with Crippen molar-refractivity contribution in [2.75, 3.05) is 12.1 Å². The Kier molecular flexibility index (Phi) is 3.30. The lowest BCUT2D eigenvalue weighted by molar-refractivity contribution is 0.312. The highest BCUT2D eigenvalue weighted by Crippen LogP contribution is 2.35. The summed E-state index contributed by atoms with van der Waals surface area (Å²) in [6, 6.07) is 20.7. The Morgan fingerprint density at radius 1 is 0.900 bits per heavy atom. The molecule has 102 valence electrons. The van der Waals surface area contributed by atoms with Crippen molar-refractivity contribution in [1.29, 1.82) is 0 Å². The van der Waals surface area contributed by atoms with Crippen LogP contribution in [-0.2, 0) is 0 Å². The van der Waals surface area contributed by atoms with E-state index < -0.39 is 0 Å². The zero-order valence-corrected chi connectivity index (χ0v) is 11.8. The molecule has 3 nitrogen and oxygen atoms in total. The summed E-state index contributed by atoms with van der Waals surface area (Å²) in [7, 11) is 2.02. The normalized spacial score (nSPS) is 19.8. The Hall–Kier alpha value is -2.10. The number of benzene rings is 2. The van der Waals surface area contributed by atoms with Gasteiger partial charge >= 0.3 is 0 Å². The number of para-hydroxylation sites is 1. The summed E-state index contributed by atoms with van der Waals surface area (Å²) < 4.78 is 0. The predicted molar refractivity (Wildman–Crippen MR) is 83.7 cm³/mol. The predicted octanol–water partition coefficient (Wildman–Crippen LogP) is 3.07. The number of rotatable bonds is 2. The van der Waals surface area contributed by atoms with Gasteiger partial charge in [-0.1, -0.05) is 48.5 Å². The standard InChI is InChI=1S/C17H19N3/c1-13-16(14-9-5-3-6-10-14)17(18)19(2)20(13)15-11-7-4-8-12-15/h3-12,17H,18H2,1-2H3. The van der Waals surface area contributed by atoms with Crippen LogP contribution in [0.15, 0.2) is 66.4 Å². The number of anilines is 1. The maximum absolute atomic E-state index is 6.40. The van der Waals surface area contributed by atoms with E-state index in [4.69, 9.17) is 5.73 Å². The maximum atomic E-state index is 6.40. The second kappa shape index (κ2) is 5.12. The van der Waals surface area contributed by atoms with Crippen LogP contribution >= 0.6 is 0 Å². The molecule has 0 bridgehead atoms. The van der Waals surface area contributed by atoms with Crippen molar-refractivity contribution in [2.24, 2.45) is 5.73 Å². The molecule has 0 saturated carbocycles. The van der Waals surface area contributed by atoms with Gasteiger partial charge in [0.1, 0.15) is 6.17 Å². The average Bonchev–Trinajstić information content (AvgIpc) is 2.71. The molecular weight excluding hydrogens is 246 g/mol. The zero-order chi connectivity index (χ0) is 14.1. The molecule has 0 saturated heterocycles. The highest BCUT2D eigenvalue weighted by atomic mass is 15.7. The third-order valence-corrected chi connectivity index (χ3v) is 3.81. The van der Waals surface area contributed by atoms with Crippen LogP contribution in [0, 0.1) is 0 Å². The van der Waals surface area contributed by atoms with Crippen molar-refractivity contribution >= 4 is 11.3 Å². The van der Waals surface area contributed by atoms with Crippen LogP contribution in [0.1, 0.15) is 12.5 Å². The Labute approximate surface area is 119 Å². The van der Waals surface area contributed by atoms with E-state index in [1.807, 2.05) is 43.4 Å². The van der Waals surface area contributed by atoms with Gasteiger partial charge in [0.2, 0.25) is 0 Å². The van der Waals surface area contributed by atoms with Crippen molar-refractivity contribution in [2.45, 2.75) is 13.1 Å². The molecule has 3 rings (SSSR count). The van der Waals surface area contributed by atoms with Gasteiger partial charge in [-0.2, -0.15) is 5.01 Å². The van der Waals surface area contributed by atoms with Crippen LogP contribution in [0.4, 0.5) is 5.69 Å². The highest BCUT2D eigenvalue weighted by molar-refractivity contribution is 5.78. The zero-order valence-electron chi connectivity index (χ0n) is 11.8. The third-order valence-electron chi connectivity index (χ3n) is 3.81. The molecule has 2 aromatic carbocycles. The SMILES string of the molecule is CC1=C(c2ccccc2)C(N)N(C)N1c1ccccc1. The fourth-order valence-corrected chi connectivity index (χ4v) is 2.82. The first-order valence-corrected chi connectivity index (χ1v) is 6.80. The molecule has 0 aromatic heterocycles. The van der Waals surface area contributed by atoms with Gasteiger partial charge in [0.15, 0.2) is 0 Å². The first kappa shape index (κ1) is 12.9. The van der Waals surface area contributed by atoms with E-state index in [9.17, 15) is 0 Å². The van der Waals surface area contributed by atoms with E-state index in [-0.39, 0.29) is 6.17 Å². The average molecular weight is 265 g/mol. The Morgan fingerprint density at radius 3 is 2.05 bits per heavy atom. The van der Waals surface area contributed by atoms with E-state index in [2.05, 4.69) is 41.2 Å². The Morgan fingerprint density at radius 2 is 1.45 bits per heavy atom. The van der Waals surface area contributed by atoms with Gasteiger partial charge in [0.25, 0.3) is 0 Å². The Balaban J connectivity index is 2.08. The van der Waals surface area contributed by atoms with Crippen LogP contribution < -0.4 is 10.7 Å².